The Kier molecular flexibility index (Phi) is 3.35. The molecule has 0 aliphatic rings. The minimum Gasteiger partial charge on any atom is -0.464 e. The van der Waals surface area contributed by atoms with Gasteiger partial charge >= 0.3 is 6.09 Å². The molecule has 0 spiro atoms. The summed E-state index contributed by atoms with van der Waals surface area (Å²) in [6.07, 6.45) is 1.69. The maximum atomic E-state index is 10.1. The second kappa shape index (κ2) is 4.52. The average molecular weight is 215 g/mol. The van der Waals surface area contributed by atoms with Crippen LogP contribution >= 0.6 is 11.6 Å². The molecule has 1 rings (SSSR count). The summed E-state index contributed by atoms with van der Waals surface area (Å²) in [5, 5.41) is 12.0. The highest BCUT2D eigenvalue weighted by atomic mass is 35.5. The Morgan fingerprint density at radius 1 is 1.57 bits per heavy atom. The summed E-state index contributed by atoms with van der Waals surface area (Å²) in [5.74, 6) is 0. The number of nitrogens with one attached hydrogen (secondary N) is 1. The third-order valence-corrected chi connectivity index (χ3v) is 1.55. The van der Waals surface area contributed by atoms with Gasteiger partial charge < -0.3 is 5.11 Å². The van der Waals surface area contributed by atoms with Crippen molar-refractivity contribution >= 4 is 23.4 Å². The number of hydrogen-bond acceptors (Lipinski definition) is 4. The minimum atomic E-state index is -1.22. The molecule has 0 bridgehead atoms. The van der Waals surface area contributed by atoms with E-state index in [-0.39, 0.29) is 5.28 Å². The summed E-state index contributed by atoms with van der Waals surface area (Å²) in [6.45, 7) is 1.63. The number of hydrazone groups is 1. The van der Waals surface area contributed by atoms with Gasteiger partial charge in [0.15, 0.2) is 0 Å². The molecule has 0 unspecified atom stereocenters. The van der Waals surface area contributed by atoms with Gasteiger partial charge in [0, 0.05) is 18.0 Å². The first-order chi connectivity index (χ1) is 6.59. The summed E-state index contributed by atoms with van der Waals surface area (Å²) in [7, 11) is 0. The summed E-state index contributed by atoms with van der Waals surface area (Å²) in [6, 6.07) is 0. The molecule has 1 aromatic heterocycles. The largest absolute Gasteiger partial charge is 0.464 e. The summed E-state index contributed by atoms with van der Waals surface area (Å²) in [5.41, 5.74) is 2.94. The molecule has 0 saturated heterocycles. The molecule has 6 nitrogen and oxygen atoms in total. The van der Waals surface area contributed by atoms with Crippen LogP contribution in [0.25, 0.3) is 0 Å². The van der Waals surface area contributed by atoms with Crippen molar-refractivity contribution in [1.29, 1.82) is 0 Å². The molecule has 0 atom stereocenters. The van der Waals surface area contributed by atoms with Gasteiger partial charge in [0.1, 0.15) is 0 Å². The second-order valence-corrected chi connectivity index (χ2v) is 2.69. The van der Waals surface area contributed by atoms with Gasteiger partial charge in [-0.05, 0) is 18.5 Å². The molecule has 0 fully saturated rings. The van der Waals surface area contributed by atoms with E-state index in [4.69, 9.17) is 16.7 Å². The average Bonchev–Trinajstić information content (AvgIpc) is 2.15. The van der Waals surface area contributed by atoms with E-state index in [0.717, 1.165) is 0 Å². The topological polar surface area (TPSA) is 87.5 Å². The molecule has 0 aliphatic carbocycles. The number of nitrogens with zero attached hydrogens (tertiary/aromatic N) is 3. The van der Waals surface area contributed by atoms with Crippen LogP contribution in [0.4, 0.5) is 4.79 Å². The fourth-order valence-electron chi connectivity index (χ4n) is 0.695. The Labute approximate surface area is 84.6 Å². The standard InChI is InChI=1S/C7H7ClN4O2/c1-4(11-12-7(13)14)5-2-9-6(8)10-3-5/h2-3,12H,1H3,(H,13,14)/b11-4-. The Bertz CT molecular complexity index is 362. The molecular weight excluding hydrogens is 208 g/mol. The Hall–Kier alpha value is -1.69. The predicted octanol–water partition coefficient (Wildman–Crippen LogP) is 1.12. The monoisotopic (exact) mass is 214 g/mol. The molecule has 1 aromatic rings. The van der Waals surface area contributed by atoms with Crippen LogP contribution in [0.15, 0.2) is 17.5 Å². The number of carboxylic acid groups (broad SMARTS) is 1. The molecule has 1 heterocycles. The maximum absolute atomic E-state index is 10.1. The maximum Gasteiger partial charge on any atom is 0.425 e. The van der Waals surface area contributed by atoms with E-state index in [2.05, 4.69) is 15.1 Å². The van der Waals surface area contributed by atoms with Gasteiger partial charge in [-0.15, -0.1) is 0 Å². The van der Waals surface area contributed by atoms with Crippen molar-refractivity contribution in [3.63, 3.8) is 0 Å². The lowest BCUT2D eigenvalue weighted by Gasteiger charge is -1.98. The third-order valence-electron chi connectivity index (χ3n) is 1.36. The van der Waals surface area contributed by atoms with Crippen molar-refractivity contribution in [2.24, 2.45) is 5.10 Å². The quantitative estimate of drug-likeness (QED) is 0.439. The predicted molar refractivity (Wildman–Crippen MR) is 50.4 cm³/mol. The molecule has 7 heteroatoms. The van der Waals surface area contributed by atoms with Crippen LogP contribution in [0.2, 0.25) is 5.28 Å². The van der Waals surface area contributed by atoms with Gasteiger partial charge in [0.2, 0.25) is 5.28 Å². The zero-order valence-corrected chi connectivity index (χ0v) is 7.99. The van der Waals surface area contributed by atoms with Crippen LogP contribution < -0.4 is 5.43 Å². The summed E-state index contributed by atoms with van der Waals surface area (Å²) < 4.78 is 0. The van der Waals surface area contributed by atoms with Crippen molar-refractivity contribution in [2.45, 2.75) is 6.92 Å². The highest BCUT2D eigenvalue weighted by molar-refractivity contribution is 6.28. The van der Waals surface area contributed by atoms with E-state index in [1.54, 1.807) is 6.92 Å². The van der Waals surface area contributed by atoms with Crippen LogP contribution in [0.5, 0.6) is 0 Å². The number of halogens is 1. The molecule has 1 amide bonds. The minimum absolute atomic E-state index is 0.132. The number of aromatic nitrogens is 2. The Balaban J connectivity index is 2.78. The van der Waals surface area contributed by atoms with Crippen molar-refractivity contribution < 1.29 is 9.90 Å². The molecule has 0 radical (unpaired) electrons. The number of amides is 1. The fraction of sp³-hybridized carbons (Fsp3) is 0.143. The Morgan fingerprint density at radius 2 is 2.14 bits per heavy atom. The first-order valence-corrected chi connectivity index (χ1v) is 3.98. The van der Waals surface area contributed by atoms with Gasteiger partial charge in [-0.1, -0.05) is 0 Å². The zero-order valence-electron chi connectivity index (χ0n) is 7.23. The second-order valence-electron chi connectivity index (χ2n) is 2.35. The number of carbonyl (C=O) groups is 1. The van der Waals surface area contributed by atoms with Crippen molar-refractivity contribution in [3.05, 3.63) is 23.2 Å². The van der Waals surface area contributed by atoms with Gasteiger partial charge in [-0.2, -0.15) is 5.10 Å². The van der Waals surface area contributed by atoms with E-state index >= 15 is 0 Å². The zero-order chi connectivity index (χ0) is 10.6. The first kappa shape index (κ1) is 10.4. The molecular formula is C7H7ClN4O2. The van der Waals surface area contributed by atoms with E-state index < -0.39 is 6.09 Å². The number of rotatable bonds is 2. The van der Waals surface area contributed by atoms with E-state index in [1.807, 2.05) is 5.43 Å². The molecule has 0 aromatic carbocycles. The highest BCUT2D eigenvalue weighted by Crippen LogP contribution is 2.01. The molecule has 74 valence electrons. The summed E-state index contributed by atoms with van der Waals surface area (Å²) in [4.78, 5) is 17.6. The van der Waals surface area contributed by atoms with Crippen LogP contribution in [-0.2, 0) is 0 Å². The van der Waals surface area contributed by atoms with Crippen LogP contribution in [-0.4, -0.2) is 26.9 Å². The lowest BCUT2D eigenvalue weighted by molar-refractivity contribution is 0.195. The van der Waals surface area contributed by atoms with Gasteiger partial charge in [0.25, 0.3) is 0 Å². The van der Waals surface area contributed by atoms with E-state index in [9.17, 15) is 4.79 Å². The molecule has 14 heavy (non-hydrogen) atoms. The van der Waals surface area contributed by atoms with Gasteiger partial charge in [-0.3, -0.25) is 0 Å². The van der Waals surface area contributed by atoms with Crippen LogP contribution in [0.3, 0.4) is 0 Å². The molecule has 0 saturated carbocycles. The van der Waals surface area contributed by atoms with Crippen molar-refractivity contribution in [1.82, 2.24) is 15.4 Å². The lowest BCUT2D eigenvalue weighted by atomic mass is 10.2. The molecule has 2 N–H and O–H groups in total. The fourth-order valence-corrected chi connectivity index (χ4v) is 0.793. The van der Waals surface area contributed by atoms with Crippen molar-refractivity contribution in [2.75, 3.05) is 0 Å². The SMILES string of the molecule is C/C(=N/NC(=O)O)c1cnc(Cl)nc1. The normalized spacial score (nSPS) is 11.1. The van der Waals surface area contributed by atoms with Crippen LogP contribution in [0.1, 0.15) is 12.5 Å². The first-order valence-electron chi connectivity index (χ1n) is 3.60. The molecule has 0 aliphatic heterocycles. The van der Waals surface area contributed by atoms with Gasteiger partial charge in [-0.25, -0.2) is 20.2 Å². The number of hydrogen-bond donors (Lipinski definition) is 2. The third kappa shape index (κ3) is 2.98. The van der Waals surface area contributed by atoms with Crippen LogP contribution in [0, 0.1) is 0 Å². The van der Waals surface area contributed by atoms with Crippen molar-refractivity contribution in [3.8, 4) is 0 Å². The smallest absolute Gasteiger partial charge is 0.425 e. The Morgan fingerprint density at radius 3 is 2.64 bits per heavy atom. The van der Waals surface area contributed by atoms with Gasteiger partial charge in [0.05, 0.1) is 5.71 Å². The van der Waals surface area contributed by atoms with E-state index in [0.29, 0.717) is 11.3 Å². The lowest BCUT2D eigenvalue weighted by Crippen LogP contribution is -2.16. The van der Waals surface area contributed by atoms with E-state index in [1.165, 1.54) is 12.4 Å². The summed E-state index contributed by atoms with van der Waals surface area (Å²) >= 11 is 5.47. The highest BCUT2D eigenvalue weighted by Gasteiger charge is 1.99.